The fourth-order valence-electron chi connectivity index (χ4n) is 1.07. The summed E-state index contributed by atoms with van der Waals surface area (Å²) in [6.07, 6.45) is 0.713. The topological polar surface area (TPSA) is 82.8 Å². The second kappa shape index (κ2) is 8.66. The molecule has 92 valence electrons. The molecular weight excluding hydrogens is 216 g/mol. The highest BCUT2D eigenvalue weighted by molar-refractivity contribution is 6.60. The molecule has 15 heavy (non-hydrogen) atoms. The molecule has 0 saturated heterocycles. The van der Waals surface area contributed by atoms with E-state index in [0.29, 0.717) is 19.0 Å². The first-order valence-corrected chi connectivity index (χ1v) is 6.22. The lowest BCUT2D eigenvalue weighted by molar-refractivity contribution is 0.123. The van der Waals surface area contributed by atoms with Gasteiger partial charge in [0.15, 0.2) is 0 Å². The number of hydrogen-bond donors (Lipinski definition) is 2. The Kier molecular flexibility index (Phi) is 9.69. The highest BCUT2D eigenvalue weighted by Crippen LogP contribution is 2.13. The molecule has 0 unspecified atom stereocenters. The average molecular weight is 238 g/mol. The van der Waals surface area contributed by atoms with Crippen molar-refractivity contribution in [3.63, 3.8) is 0 Å². The summed E-state index contributed by atoms with van der Waals surface area (Å²) in [5, 5.41) is 2.48. The molecule has 2 amide bonds. The van der Waals surface area contributed by atoms with Gasteiger partial charge in [0, 0.05) is 33.9 Å². The molecule has 0 atom stereocenters. The van der Waals surface area contributed by atoms with E-state index in [9.17, 15) is 4.79 Å². The van der Waals surface area contributed by atoms with Crippen LogP contribution in [0.2, 0.25) is 6.04 Å². The number of urea groups is 1. The van der Waals surface area contributed by atoms with E-state index in [4.69, 9.17) is 19.0 Å². The molecule has 0 heterocycles. The van der Waals surface area contributed by atoms with Gasteiger partial charge in [0.25, 0.3) is 0 Å². The van der Waals surface area contributed by atoms with Crippen LogP contribution in [0.25, 0.3) is 0 Å². The van der Waals surface area contributed by atoms with E-state index >= 15 is 0 Å². The van der Waals surface area contributed by atoms with Crippen molar-refractivity contribution in [2.75, 3.05) is 27.9 Å². The van der Waals surface area contributed by atoms with Gasteiger partial charge in [0.2, 0.25) is 0 Å². The van der Waals surface area contributed by atoms with Crippen LogP contribution in [0.15, 0.2) is 0 Å². The number of amides is 2. The number of hydrogen-bond acceptors (Lipinski definition) is 4. The van der Waals surface area contributed by atoms with Gasteiger partial charge in [-0.3, -0.25) is 0 Å². The van der Waals surface area contributed by atoms with Gasteiger partial charge in [-0.15, -0.1) is 0 Å². The lowest BCUT2D eigenvalue weighted by Gasteiger charge is -2.24. The maximum absolute atomic E-state index is 10.4. The summed E-state index contributed by atoms with van der Waals surface area (Å²) < 4.78 is 15.6. The van der Waals surface area contributed by atoms with E-state index in [1.807, 2.05) is 0 Å². The van der Waals surface area contributed by atoms with Gasteiger partial charge in [0.05, 0.1) is 0 Å². The largest absolute Gasteiger partial charge is 0.500 e. The fourth-order valence-corrected chi connectivity index (χ4v) is 2.79. The Hall–Kier alpha value is -0.633. The molecule has 0 rings (SSSR count). The second-order valence-corrected chi connectivity index (χ2v) is 5.78. The first-order chi connectivity index (χ1) is 6.60. The van der Waals surface area contributed by atoms with E-state index in [1.165, 1.54) is 0 Å². The van der Waals surface area contributed by atoms with Gasteiger partial charge in [-0.2, -0.15) is 0 Å². The van der Waals surface area contributed by atoms with Crippen molar-refractivity contribution in [2.45, 2.75) is 19.9 Å². The van der Waals surface area contributed by atoms with Gasteiger partial charge < -0.3 is 24.3 Å². The SMILES string of the molecule is C.CO[Si](CCCNC(N)=O)(OC)OC. The molecule has 6 nitrogen and oxygen atoms in total. The molecule has 0 bridgehead atoms. The monoisotopic (exact) mass is 238 g/mol. The van der Waals surface area contributed by atoms with Crippen LogP contribution in [0.4, 0.5) is 4.79 Å². The molecule has 0 aliphatic heterocycles. The Balaban J connectivity index is 0. The summed E-state index contributed by atoms with van der Waals surface area (Å²) in [4.78, 5) is 10.4. The molecule has 0 aromatic heterocycles. The van der Waals surface area contributed by atoms with Gasteiger partial charge in [-0.25, -0.2) is 4.79 Å². The minimum absolute atomic E-state index is 0. The van der Waals surface area contributed by atoms with Crippen LogP contribution < -0.4 is 11.1 Å². The lowest BCUT2D eigenvalue weighted by atomic mass is 10.5. The summed E-state index contributed by atoms with van der Waals surface area (Å²) >= 11 is 0. The number of nitrogens with two attached hydrogens (primary N) is 1. The second-order valence-electron chi connectivity index (χ2n) is 2.69. The third kappa shape index (κ3) is 6.45. The zero-order valence-electron chi connectivity index (χ0n) is 8.83. The van der Waals surface area contributed by atoms with E-state index < -0.39 is 14.8 Å². The minimum atomic E-state index is -2.48. The van der Waals surface area contributed by atoms with Crippen molar-refractivity contribution in [3.8, 4) is 0 Å². The number of rotatable bonds is 7. The first kappa shape index (κ1) is 16.8. The molecule has 0 saturated carbocycles. The van der Waals surface area contributed by atoms with Crippen molar-refractivity contribution < 1.29 is 18.1 Å². The minimum Gasteiger partial charge on any atom is -0.377 e. The smallest absolute Gasteiger partial charge is 0.377 e. The first-order valence-electron chi connectivity index (χ1n) is 4.29. The third-order valence-electron chi connectivity index (χ3n) is 1.89. The molecule has 3 N–H and O–H groups in total. The summed E-state index contributed by atoms with van der Waals surface area (Å²) in [6, 6.07) is 0.126. The number of nitrogens with one attached hydrogen (secondary N) is 1. The van der Waals surface area contributed by atoms with Crippen LogP contribution in [0, 0.1) is 0 Å². The highest BCUT2D eigenvalue weighted by atomic mass is 28.4. The van der Waals surface area contributed by atoms with Crippen molar-refractivity contribution >= 4 is 14.8 Å². The maximum atomic E-state index is 10.4. The summed E-state index contributed by atoms with van der Waals surface area (Å²) in [6.45, 7) is 0.500. The van der Waals surface area contributed by atoms with Gasteiger partial charge >= 0.3 is 14.8 Å². The predicted octanol–water partition coefficient (Wildman–Crippen LogP) is 0.559. The van der Waals surface area contributed by atoms with Crippen LogP contribution in [-0.2, 0) is 13.3 Å². The number of carbonyl (C=O) groups is 1. The van der Waals surface area contributed by atoms with Crippen molar-refractivity contribution in [1.82, 2.24) is 5.32 Å². The van der Waals surface area contributed by atoms with Crippen LogP contribution in [0.3, 0.4) is 0 Å². The van der Waals surface area contributed by atoms with Crippen molar-refractivity contribution in [3.05, 3.63) is 0 Å². The Morgan fingerprint density at radius 2 is 1.73 bits per heavy atom. The Labute approximate surface area is 92.4 Å². The molecule has 0 spiro atoms. The molecule has 0 aliphatic carbocycles. The third-order valence-corrected chi connectivity index (χ3v) is 4.72. The standard InChI is InChI=1S/C7H18N2O4Si.CH4/c1-11-14(12-2,13-3)6-4-5-9-7(8)10;/h4-6H2,1-3H3,(H3,8,9,10);1H4. The van der Waals surface area contributed by atoms with E-state index in [-0.39, 0.29) is 7.43 Å². The number of primary amides is 1. The molecule has 7 heteroatoms. The van der Waals surface area contributed by atoms with Crippen molar-refractivity contribution in [1.29, 1.82) is 0 Å². The van der Waals surface area contributed by atoms with Crippen LogP contribution in [0.5, 0.6) is 0 Å². The summed E-state index contributed by atoms with van der Waals surface area (Å²) in [5.74, 6) is 0. The molecule has 0 fully saturated rings. The van der Waals surface area contributed by atoms with Crippen molar-refractivity contribution in [2.24, 2.45) is 5.73 Å². The van der Waals surface area contributed by atoms with Gasteiger partial charge in [-0.1, -0.05) is 7.43 Å². The normalized spacial score (nSPS) is 10.6. The average Bonchev–Trinajstić information content (AvgIpc) is 2.19. The van der Waals surface area contributed by atoms with Gasteiger partial charge in [0.1, 0.15) is 0 Å². The van der Waals surface area contributed by atoms with E-state index in [1.54, 1.807) is 21.3 Å². The molecule has 0 aromatic carbocycles. The summed E-state index contributed by atoms with van der Waals surface area (Å²) in [7, 11) is 2.19. The zero-order valence-corrected chi connectivity index (χ0v) is 9.83. The maximum Gasteiger partial charge on any atom is 0.500 e. The Morgan fingerprint density at radius 3 is 2.07 bits per heavy atom. The van der Waals surface area contributed by atoms with Crippen LogP contribution >= 0.6 is 0 Å². The number of carbonyl (C=O) groups excluding carboxylic acids is 1. The predicted molar refractivity (Wildman–Crippen MR) is 60.5 cm³/mol. The Bertz CT molecular complexity index is 168. The molecular formula is C8H22N2O4Si. The fraction of sp³-hybridized carbons (Fsp3) is 0.875. The van der Waals surface area contributed by atoms with Crippen LogP contribution in [0.1, 0.15) is 13.8 Å². The molecule has 0 aromatic rings. The van der Waals surface area contributed by atoms with E-state index in [2.05, 4.69) is 5.32 Å². The highest BCUT2D eigenvalue weighted by Gasteiger charge is 2.36. The summed E-state index contributed by atoms with van der Waals surface area (Å²) in [5.41, 5.74) is 4.91. The lowest BCUT2D eigenvalue weighted by Crippen LogP contribution is -2.43. The molecule has 0 aliphatic rings. The van der Waals surface area contributed by atoms with E-state index in [0.717, 1.165) is 0 Å². The molecule has 0 radical (unpaired) electrons. The van der Waals surface area contributed by atoms with Gasteiger partial charge in [-0.05, 0) is 6.42 Å². The zero-order chi connectivity index (χ0) is 11.0. The van der Waals surface area contributed by atoms with Crippen LogP contribution in [-0.4, -0.2) is 42.7 Å². The Morgan fingerprint density at radius 1 is 1.27 bits per heavy atom. The quantitative estimate of drug-likeness (QED) is 0.501.